The lowest BCUT2D eigenvalue weighted by atomic mass is 9.74. The minimum absolute atomic E-state index is 0.202. The predicted molar refractivity (Wildman–Crippen MR) is 132 cm³/mol. The van der Waals surface area contributed by atoms with Gasteiger partial charge < -0.3 is 14.2 Å². The van der Waals surface area contributed by atoms with Crippen LogP contribution in [0.5, 0.6) is 17.2 Å². The molecule has 0 N–H and O–H groups in total. The molecule has 171 valence electrons. The van der Waals surface area contributed by atoms with Gasteiger partial charge in [-0.1, -0.05) is 43.1 Å². The van der Waals surface area contributed by atoms with E-state index in [0.29, 0.717) is 46.1 Å². The summed E-state index contributed by atoms with van der Waals surface area (Å²) in [6, 6.07) is 10.9. The molecule has 2 aromatic carbocycles. The Bertz CT molecular complexity index is 1030. The van der Waals surface area contributed by atoms with Gasteiger partial charge >= 0.3 is 0 Å². The number of thioether (sulfide) groups is 1. The van der Waals surface area contributed by atoms with Gasteiger partial charge in [-0.3, -0.25) is 0 Å². The van der Waals surface area contributed by atoms with Gasteiger partial charge in [0.1, 0.15) is 11.6 Å². The standard InChI is InChI=1S/C25H26Cl2FO3S/c1-25(2,16-5-9-20(26)21(27)13-16)19-8-7-18(15-22(19)28)32-12-11-31-17-6-10-23(29-3)24(14-17)30-4/h5-7,9-10,13-15H,8,11-12H2,1-4H3. The Morgan fingerprint density at radius 3 is 2.41 bits per heavy atom. The molecule has 0 saturated heterocycles. The first-order valence-electron chi connectivity index (χ1n) is 10.1. The van der Waals surface area contributed by atoms with Crippen LogP contribution in [0, 0.1) is 6.42 Å². The fourth-order valence-corrected chi connectivity index (χ4v) is 4.60. The first kappa shape index (κ1) is 24.8. The summed E-state index contributed by atoms with van der Waals surface area (Å²) in [7, 11) is 3.18. The van der Waals surface area contributed by atoms with Crippen molar-refractivity contribution in [3.8, 4) is 17.2 Å². The summed E-state index contributed by atoms with van der Waals surface area (Å²) in [5.41, 5.74) is 1.15. The molecular formula is C25H26Cl2FO3S. The number of methoxy groups -OCH3 is 2. The van der Waals surface area contributed by atoms with E-state index in [2.05, 4.69) is 6.42 Å². The van der Waals surface area contributed by atoms with E-state index in [1.165, 1.54) is 0 Å². The predicted octanol–water partition coefficient (Wildman–Crippen LogP) is 7.82. The van der Waals surface area contributed by atoms with E-state index in [1.54, 1.807) is 50.3 Å². The zero-order valence-electron chi connectivity index (χ0n) is 18.5. The van der Waals surface area contributed by atoms with Crippen LogP contribution >= 0.6 is 35.0 Å². The van der Waals surface area contributed by atoms with Gasteiger partial charge in [0.25, 0.3) is 0 Å². The normalized spacial score (nSPS) is 14.3. The van der Waals surface area contributed by atoms with Crippen molar-refractivity contribution in [2.45, 2.75) is 25.7 Å². The summed E-state index contributed by atoms with van der Waals surface area (Å²) in [5, 5.41) is 0.962. The van der Waals surface area contributed by atoms with Crippen LogP contribution in [0.4, 0.5) is 4.39 Å². The molecule has 3 nitrogen and oxygen atoms in total. The minimum Gasteiger partial charge on any atom is -0.493 e. The number of hydrogen-bond acceptors (Lipinski definition) is 4. The molecule has 3 rings (SSSR count). The third-order valence-electron chi connectivity index (χ3n) is 5.44. The monoisotopic (exact) mass is 495 g/mol. The van der Waals surface area contributed by atoms with Crippen LogP contribution in [-0.4, -0.2) is 26.6 Å². The van der Waals surface area contributed by atoms with Crippen molar-refractivity contribution in [1.29, 1.82) is 0 Å². The first-order valence-corrected chi connectivity index (χ1v) is 11.9. The van der Waals surface area contributed by atoms with Crippen molar-refractivity contribution in [3.63, 3.8) is 0 Å². The molecule has 1 radical (unpaired) electrons. The van der Waals surface area contributed by atoms with E-state index < -0.39 is 5.41 Å². The Hall–Kier alpha value is -1.82. The summed E-state index contributed by atoms with van der Waals surface area (Å²) in [4.78, 5) is 0.895. The molecule has 0 fully saturated rings. The van der Waals surface area contributed by atoms with Gasteiger partial charge in [0.15, 0.2) is 11.5 Å². The summed E-state index contributed by atoms with van der Waals surface area (Å²) in [6.07, 6.45) is 4.19. The molecule has 1 aliphatic carbocycles. The van der Waals surface area contributed by atoms with Crippen molar-refractivity contribution in [1.82, 2.24) is 0 Å². The lowest BCUT2D eigenvalue weighted by Crippen LogP contribution is -2.23. The smallest absolute Gasteiger partial charge is 0.164 e. The van der Waals surface area contributed by atoms with E-state index in [4.69, 9.17) is 37.4 Å². The molecule has 0 amide bonds. The molecule has 0 bridgehead atoms. The Morgan fingerprint density at radius 1 is 1.00 bits per heavy atom. The Kier molecular flexibility index (Phi) is 8.43. The van der Waals surface area contributed by atoms with Crippen LogP contribution in [-0.2, 0) is 5.41 Å². The Labute approximate surface area is 203 Å². The molecule has 0 heterocycles. The van der Waals surface area contributed by atoms with Crippen molar-refractivity contribution >= 4 is 35.0 Å². The fraction of sp³-hybridized carbons (Fsp3) is 0.320. The Morgan fingerprint density at radius 2 is 1.75 bits per heavy atom. The fourth-order valence-electron chi connectivity index (χ4n) is 3.51. The number of benzene rings is 2. The maximum Gasteiger partial charge on any atom is 0.164 e. The second-order valence-corrected chi connectivity index (χ2v) is 9.73. The van der Waals surface area contributed by atoms with E-state index in [9.17, 15) is 0 Å². The van der Waals surface area contributed by atoms with Gasteiger partial charge in [-0.25, -0.2) is 4.39 Å². The molecule has 0 atom stereocenters. The molecule has 0 spiro atoms. The molecule has 0 unspecified atom stereocenters. The van der Waals surface area contributed by atoms with Crippen LogP contribution in [0.15, 0.2) is 58.8 Å². The largest absolute Gasteiger partial charge is 0.493 e. The summed E-state index contributed by atoms with van der Waals surface area (Å²) in [6.45, 7) is 4.48. The second kappa shape index (κ2) is 10.9. The maximum atomic E-state index is 15.0. The van der Waals surface area contributed by atoms with Crippen LogP contribution in [0.25, 0.3) is 0 Å². The third kappa shape index (κ3) is 5.75. The van der Waals surface area contributed by atoms with E-state index in [1.807, 2.05) is 32.0 Å². The molecule has 0 aliphatic heterocycles. The number of rotatable bonds is 9. The van der Waals surface area contributed by atoms with Gasteiger partial charge in [0.05, 0.1) is 30.9 Å². The molecule has 2 aromatic rings. The summed E-state index contributed by atoms with van der Waals surface area (Å²) < 4.78 is 31.4. The van der Waals surface area contributed by atoms with E-state index in [-0.39, 0.29) is 5.83 Å². The number of allylic oxidation sites excluding steroid dienone is 4. The van der Waals surface area contributed by atoms with Gasteiger partial charge in [-0.15, -0.1) is 11.8 Å². The third-order valence-corrected chi connectivity index (χ3v) is 7.16. The molecule has 0 saturated carbocycles. The maximum absolute atomic E-state index is 15.0. The summed E-state index contributed by atoms with van der Waals surface area (Å²) in [5.74, 6) is 2.45. The Balaban J connectivity index is 1.60. The van der Waals surface area contributed by atoms with Crippen molar-refractivity contribution in [2.24, 2.45) is 0 Å². The van der Waals surface area contributed by atoms with Crippen LogP contribution < -0.4 is 14.2 Å². The average Bonchev–Trinajstić information content (AvgIpc) is 2.78. The SMILES string of the molecule is COc1ccc(OCCSC2=CC(F)=C(C(C)(C)c3ccc(Cl)c(Cl)c3)C[CH]2)cc1OC. The average molecular weight is 496 g/mol. The van der Waals surface area contributed by atoms with Gasteiger partial charge in [0, 0.05) is 23.7 Å². The highest BCUT2D eigenvalue weighted by Gasteiger charge is 2.31. The highest BCUT2D eigenvalue weighted by Crippen LogP contribution is 2.43. The number of halogens is 3. The second-order valence-electron chi connectivity index (χ2n) is 7.75. The highest BCUT2D eigenvalue weighted by molar-refractivity contribution is 8.03. The first-order chi connectivity index (χ1) is 15.3. The summed E-state index contributed by atoms with van der Waals surface area (Å²) >= 11 is 13.8. The van der Waals surface area contributed by atoms with Crippen molar-refractivity contribution in [3.05, 3.63) is 80.8 Å². The lowest BCUT2D eigenvalue weighted by molar-refractivity contribution is 0.330. The van der Waals surface area contributed by atoms with Crippen molar-refractivity contribution < 1.29 is 18.6 Å². The van der Waals surface area contributed by atoms with Gasteiger partial charge in [-0.05, 0) is 52.8 Å². The quantitative estimate of drug-likeness (QED) is 0.331. The van der Waals surface area contributed by atoms with Crippen LogP contribution in [0.1, 0.15) is 25.8 Å². The zero-order chi connectivity index (χ0) is 23.3. The van der Waals surface area contributed by atoms with Crippen LogP contribution in [0.2, 0.25) is 10.0 Å². The van der Waals surface area contributed by atoms with Gasteiger partial charge in [-0.2, -0.15) is 0 Å². The highest BCUT2D eigenvalue weighted by atomic mass is 35.5. The van der Waals surface area contributed by atoms with Crippen molar-refractivity contribution in [2.75, 3.05) is 26.6 Å². The molecule has 7 heteroatoms. The molecular weight excluding hydrogens is 470 g/mol. The van der Waals surface area contributed by atoms with Gasteiger partial charge in [0.2, 0.25) is 0 Å². The zero-order valence-corrected chi connectivity index (χ0v) is 20.8. The number of hydrogen-bond donors (Lipinski definition) is 0. The van der Waals surface area contributed by atoms with E-state index >= 15 is 4.39 Å². The minimum atomic E-state index is -0.502. The van der Waals surface area contributed by atoms with E-state index in [0.717, 1.165) is 16.0 Å². The van der Waals surface area contributed by atoms with Crippen LogP contribution in [0.3, 0.4) is 0 Å². The molecule has 1 aliphatic rings. The topological polar surface area (TPSA) is 27.7 Å². The number of ether oxygens (including phenoxy) is 3. The molecule has 32 heavy (non-hydrogen) atoms. The lowest BCUT2D eigenvalue weighted by Gasteiger charge is -2.31. The molecule has 0 aromatic heterocycles.